The number of rotatable bonds is 9. The standard InChI is InChI=1S/C23H24O3/c24-23(21-14-8-3-9-15-21)22(26-17-20-12-6-2-7-13-20)18-25-16-19-10-4-1-5-11-19/h1-15,22-24H,16-18H2. The lowest BCUT2D eigenvalue weighted by Gasteiger charge is -2.24. The van der Waals surface area contributed by atoms with Crippen LogP contribution in [-0.2, 0) is 22.7 Å². The second kappa shape index (κ2) is 9.88. The first-order valence-electron chi connectivity index (χ1n) is 8.83. The van der Waals surface area contributed by atoms with Crippen LogP contribution in [0.3, 0.4) is 0 Å². The first-order valence-corrected chi connectivity index (χ1v) is 8.83. The van der Waals surface area contributed by atoms with Crippen molar-refractivity contribution < 1.29 is 14.6 Å². The van der Waals surface area contributed by atoms with Gasteiger partial charge in [0.2, 0.25) is 0 Å². The Hall–Kier alpha value is -2.46. The van der Waals surface area contributed by atoms with E-state index in [9.17, 15) is 5.11 Å². The minimum absolute atomic E-state index is 0.317. The Kier molecular flexibility index (Phi) is 6.96. The molecule has 0 aliphatic carbocycles. The van der Waals surface area contributed by atoms with Crippen molar-refractivity contribution in [3.8, 4) is 0 Å². The van der Waals surface area contributed by atoms with Gasteiger partial charge in [0, 0.05) is 0 Å². The third kappa shape index (κ3) is 5.53. The van der Waals surface area contributed by atoms with E-state index in [4.69, 9.17) is 9.47 Å². The van der Waals surface area contributed by atoms with E-state index in [1.807, 2.05) is 91.0 Å². The Balaban J connectivity index is 1.62. The molecule has 3 rings (SSSR count). The van der Waals surface area contributed by atoms with Gasteiger partial charge >= 0.3 is 0 Å². The topological polar surface area (TPSA) is 38.7 Å². The molecule has 3 aromatic rings. The molecular weight excluding hydrogens is 324 g/mol. The summed E-state index contributed by atoms with van der Waals surface area (Å²) in [6.07, 6.45) is -1.18. The molecular formula is C23H24O3. The summed E-state index contributed by atoms with van der Waals surface area (Å²) in [5.41, 5.74) is 3.00. The van der Waals surface area contributed by atoms with Gasteiger partial charge in [-0.1, -0.05) is 91.0 Å². The van der Waals surface area contributed by atoms with Gasteiger partial charge in [0.15, 0.2) is 0 Å². The van der Waals surface area contributed by atoms with E-state index >= 15 is 0 Å². The van der Waals surface area contributed by atoms with Crippen LogP contribution in [0.15, 0.2) is 91.0 Å². The fourth-order valence-electron chi connectivity index (χ4n) is 2.74. The van der Waals surface area contributed by atoms with E-state index in [0.717, 1.165) is 16.7 Å². The van der Waals surface area contributed by atoms with E-state index in [2.05, 4.69) is 0 Å². The van der Waals surface area contributed by atoms with Crippen LogP contribution in [0.2, 0.25) is 0 Å². The van der Waals surface area contributed by atoms with Crippen molar-refractivity contribution in [2.45, 2.75) is 25.4 Å². The molecule has 0 radical (unpaired) electrons. The van der Waals surface area contributed by atoms with E-state index in [0.29, 0.717) is 19.8 Å². The maximum Gasteiger partial charge on any atom is 0.111 e. The van der Waals surface area contributed by atoms with Crippen LogP contribution in [0.25, 0.3) is 0 Å². The van der Waals surface area contributed by atoms with Gasteiger partial charge in [-0.05, 0) is 16.7 Å². The summed E-state index contributed by atoms with van der Waals surface area (Å²) in [5, 5.41) is 10.8. The maximum absolute atomic E-state index is 10.8. The van der Waals surface area contributed by atoms with E-state index in [1.165, 1.54) is 0 Å². The van der Waals surface area contributed by atoms with Gasteiger partial charge in [-0.3, -0.25) is 0 Å². The Morgan fingerprint density at radius 3 is 1.73 bits per heavy atom. The Bertz CT molecular complexity index is 744. The summed E-state index contributed by atoms with van der Waals surface area (Å²) in [5.74, 6) is 0. The Morgan fingerprint density at radius 1 is 0.654 bits per heavy atom. The third-order valence-corrected chi connectivity index (χ3v) is 4.19. The van der Waals surface area contributed by atoms with Crippen molar-refractivity contribution in [3.63, 3.8) is 0 Å². The zero-order valence-corrected chi connectivity index (χ0v) is 14.7. The average Bonchev–Trinajstić information content (AvgIpc) is 2.72. The lowest BCUT2D eigenvalue weighted by atomic mass is 10.0. The largest absolute Gasteiger partial charge is 0.386 e. The summed E-state index contributed by atoms with van der Waals surface area (Å²) >= 11 is 0. The molecule has 0 saturated carbocycles. The molecule has 134 valence electrons. The summed E-state index contributed by atoms with van der Waals surface area (Å²) in [6, 6.07) is 29.5. The average molecular weight is 348 g/mol. The second-order valence-electron chi connectivity index (χ2n) is 6.19. The molecule has 2 unspecified atom stereocenters. The summed E-state index contributed by atoms with van der Waals surface area (Å²) in [6.45, 7) is 1.25. The van der Waals surface area contributed by atoms with Crippen molar-refractivity contribution in [1.82, 2.24) is 0 Å². The molecule has 0 heterocycles. The van der Waals surface area contributed by atoms with E-state index in [1.54, 1.807) is 0 Å². The minimum Gasteiger partial charge on any atom is -0.386 e. The molecule has 0 spiro atoms. The van der Waals surface area contributed by atoms with Crippen molar-refractivity contribution >= 4 is 0 Å². The first kappa shape index (κ1) is 18.3. The van der Waals surface area contributed by atoms with Crippen molar-refractivity contribution in [1.29, 1.82) is 0 Å². The Morgan fingerprint density at radius 2 is 1.15 bits per heavy atom. The molecule has 3 nitrogen and oxygen atoms in total. The molecule has 0 amide bonds. The van der Waals surface area contributed by atoms with Crippen LogP contribution < -0.4 is 0 Å². The number of aliphatic hydroxyl groups is 1. The lowest BCUT2D eigenvalue weighted by Crippen LogP contribution is -2.27. The third-order valence-electron chi connectivity index (χ3n) is 4.19. The monoisotopic (exact) mass is 348 g/mol. The number of benzene rings is 3. The molecule has 0 aromatic heterocycles. The van der Waals surface area contributed by atoms with Crippen LogP contribution in [-0.4, -0.2) is 17.8 Å². The van der Waals surface area contributed by atoms with Gasteiger partial charge in [-0.25, -0.2) is 0 Å². The van der Waals surface area contributed by atoms with Gasteiger partial charge in [-0.2, -0.15) is 0 Å². The molecule has 0 aliphatic rings. The zero-order valence-electron chi connectivity index (χ0n) is 14.7. The summed E-state index contributed by atoms with van der Waals surface area (Å²) < 4.78 is 11.8. The molecule has 0 bridgehead atoms. The van der Waals surface area contributed by atoms with E-state index < -0.39 is 12.2 Å². The van der Waals surface area contributed by atoms with Crippen molar-refractivity contribution in [3.05, 3.63) is 108 Å². The summed E-state index contributed by atoms with van der Waals surface area (Å²) in [7, 11) is 0. The molecule has 0 saturated heterocycles. The minimum atomic E-state index is -0.740. The number of hydrogen-bond acceptors (Lipinski definition) is 3. The zero-order chi connectivity index (χ0) is 18.0. The normalized spacial score (nSPS) is 13.3. The Labute approximate surface area is 154 Å². The smallest absolute Gasteiger partial charge is 0.111 e. The fraction of sp³-hybridized carbons (Fsp3) is 0.217. The van der Waals surface area contributed by atoms with Crippen LogP contribution in [0.4, 0.5) is 0 Å². The number of ether oxygens (including phenoxy) is 2. The highest BCUT2D eigenvalue weighted by atomic mass is 16.5. The highest BCUT2D eigenvalue weighted by Crippen LogP contribution is 2.21. The predicted octanol–water partition coefficient (Wildman–Crippen LogP) is 4.52. The van der Waals surface area contributed by atoms with E-state index in [-0.39, 0.29) is 0 Å². The van der Waals surface area contributed by atoms with Crippen LogP contribution in [0, 0.1) is 0 Å². The number of aliphatic hydroxyl groups excluding tert-OH is 1. The highest BCUT2D eigenvalue weighted by molar-refractivity contribution is 5.19. The predicted molar refractivity (Wildman–Crippen MR) is 103 cm³/mol. The van der Waals surface area contributed by atoms with Crippen LogP contribution in [0.1, 0.15) is 22.8 Å². The molecule has 0 aliphatic heterocycles. The highest BCUT2D eigenvalue weighted by Gasteiger charge is 2.22. The molecule has 3 aromatic carbocycles. The van der Waals surface area contributed by atoms with Crippen molar-refractivity contribution in [2.24, 2.45) is 0 Å². The van der Waals surface area contributed by atoms with Gasteiger partial charge in [-0.15, -0.1) is 0 Å². The molecule has 26 heavy (non-hydrogen) atoms. The molecule has 3 heteroatoms. The lowest BCUT2D eigenvalue weighted by molar-refractivity contribution is -0.0907. The van der Waals surface area contributed by atoms with Gasteiger partial charge in [0.1, 0.15) is 12.2 Å². The van der Waals surface area contributed by atoms with Crippen molar-refractivity contribution in [2.75, 3.05) is 6.61 Å². The SMILES string of the molecule is OC(c1ccccc1)C(COCc1ccccc1)OCc1ccccc1. The second-order valence-corrected chi connectivity index (χ2v) is 6.19. The van der Waals surface area contributed by atoms with Crippen LogP contribution in [0.5, 0.6) is 0 Å². The number of hydrogen-bond donors (Lipinski definition) is 1. The molecule has 2 atom stereocenters. The summed E-state index contributed by atoms with van der Waals surface area (Å²) in [4.78, 5) is 0. The van der Waals surface area contributed by atoms with Crippen LogP contribution >= 0.6 is 0 Å². The van der Waals surface area contributed by atoms with Gasteiger partial charge in [0.25, 0.3) is 0 Å². The fourth-order valence-corrected chi connectivity index (χ4v) is 2.74. The molecule has 1 N–H and O–H groups in total. The first-order chi connectivity index (χ1) is 12.8. The maximum atomic E-state index is 10.8. The quantitative estimate of drug-likeness (QED) is 0.618. The van der Waals surface area contributed by atoms with Gasteiger partial charge < -0.3 is 14.6 Å². The molecule has 0 fully saturated rings. The van der Waals surface area contributed by atoms with Gasteiger partial charge in [0.05, 0.1) is 19.8 Å².